The molecule has 0 aromatic carbocycles. The van der Waals surface area contributed by atoms with Gasteiger partial charge in [-0.05, 0) is 20.8 Å². The molecule has 0 aliphatic carbocycles. The van der Waals surface area contributed by atoms with E-state index >= 15 is 0 Å². The van der Waals surface area contributed by atoms with Crippen LogP contribution in [-0.2, 0) is 21.3 Å². The zero-order valence-electron chi connectivity index (χ0n) is 12.8. The maximum absolute atomic E-state index is 12.0. The molecular formula is C14H23NO4S. The summed E-state index contributed by atoms with van der Waals surface area (Å²) in [5.74, 6) is 2.01. The van der Waals surface area contributed by atoms with Crippen LogP contribution in [0.1, 0.15) is 26.3 Å². The molecule has 1 heterocycles. The molecule has 1 unspecified atom stereocenters. The Morgan fingerprint density at radius 2 is 1.95 bits per heavy atom. The average molecular weight is 301 g/mol. The van der Waals surface area contributed by atoms with Gasteiger partial charge < -0.3 is 14.2 Å². The summed E-state index contributed by atoms with van der Waals surface area (Å²) in [5.41, 5.74) is 0.603. The highest BCUT2D eigenvalue weighted by atomic mass is 32.2. The van der Waals surface area contributed by atoms with Gasteiger partial charge in [-0.3, -0.25) is 4.21 Å². The largest absolute Gasteiger partial charge is 0.496 e. The molecule has 0 aliphatic heterocycles. The highest BCUT2D eigenvalue weighted by Crippen LogP contribution is 2.23. The smallest absolute Gasteiger partial charge is 0.216 e. The summed E-state index contributed by atoms with van der Waals surface area (Å²) in [7, 11) is 2.11. The second-order valence-electron chi connectivity index (χ2n) is 5.29. The topological polar surface area (TPSA) is 57.7 Å². The SMILES string of the molecule is COc1cc(OC)c(CS(=O)CCOC(C)(C)C)cn1. The van der Waals surface area contributed by atoms with E-state index in [1.165, 1.54) is 0 Å². The maximum Gasteiger partial charge on any atom is 0.216 e. The monoisotopic (exact) mass is 301 g/mol. The van der Waals surface area contributed by atoms with E-state index in [-0.39, 0.29) is 5.60 Å². The zero-order chi connectivity index (χ0) is 15.2. The third-order valence-electron chi connectivity index (χ3n) is 2.51. The number of methoxy groups -OCH3 is 2. The van der Waals surface area contributed by atoms with Gasteiger partial charge in [0.05, 0.1) is 32.2 Å². The molecule has 0 amide bonds. The molecule has 1 rings (SSSR count). The van der Waals surface area contributed by atoms with Crippen LogP contribution >= 0.6 is 0 Å². The van der Waals surface area contributed by atoms with E-state index in [1.807, 2.05) is 20.8 Å². The molecule has 0 saturated heterocycles. The number of aromatic nitrogens is 1. The highest BCUT2D eigenvalue weighted by Gasteiger charge is 2.13. The van der Waals surface area contributed by atoms with Gasteiger partial charge in [0.2, 0.25) is 5.88 Å². The van der Waals surface area contributed by atoms with Crippen molar-refractivity contribution in [2.24, 2.45) is 0 Å². The van der Waals surface area contributed by atoms with Crippen molar-refractivity contribution >= 4 is 10.8 Å². The molecule has 6 heteroatoms. The van der Waals surface area contributed by atoms with Crippen LogP contribution in [0.15, 0.2) is 12.3 Å². The Morgan fingerprint density at radius 1 is 1.25 bits per heavy atom. The molecule has 1 atom stereocenters. The van der Waals surface area contributed by atoms with Gasteiger partial charge in [-0.2, -0.15) is 0 Å². The molecule has 0 fully saturated rings. The van der Waals surface area contributed by atoms with Crippen molar-refractivity contribution in [3.8, 4) is 11.6 Å². The van der Waals surface area contributed by atoms with Crippen LogP contribution in [-0.4, -0.2) is 41.4 Å². The Morgan fingerprint density at radius 3 is 2.50 bits per heavy atom. The molecule has 0 spiro atoms. The first kappa shape index (κ1) is 16.9. The lowest BCUT2D eigenvalue weighted by molar-refractivity contribution is 0.00668. The summed E-state index contributed by atoms with van der Waals surface area (Å²) in [6.45, 7) is 6.41. The lowest BCUT2D eigenvalue weighted by atomic mass is 10.2. The number of pyridine rings is 1. The van der Waals surface area contributed by atoms with Crippen LogP contribution in [0.5, 0.6) is 11.6 Å². The molecule has 1 aromatic rings. The minimum atomic E-state index is -1.01. The first-order valence-corrected chi connectivity index (χ1v) is 7.90. The number of rotatable bonds is 7. The number of ether oxygens (including phenoxy) is 3. The van der Waals surface area contributed by atoms with E-state index in [1.54, 1.807) is 26.5 Å². The van der Waals surface area contributed by atoms with E-state index in [9.17, 15) is 4.21 Å². The maximum atomic E-state index is 12.0. The van der Waals surface area contributed by atoms with Gasteiger partial charge in [0.25, 0.3) is 0 Å². The molecular weight excluding hydrogens is 278 g/mol. The van der Waals surface area contributed by atoms with Crippen molar-refractivity contribution in [1.29, 1.82) is 0 Å². The van der Waals surface area contributed by atoms with E-state index in [4.69, 9.17) is 14.2 Å². The van der Waals surface area contributed by atoms with Gasteiger partial charge in [-0.1, -0.05) is 0 Å². The van der Waals surface area contributed by atoms with E-state index in [0.29, 0.717) is 29.7 Å². The Bertz CT molecular complexity index is 457. The Kier molecular flexibility index (Phi) is 6.42. The minimum Gasteiger partial charge on any atom is -0.496 e. The van der Waals surface area contributed by atoms with Gasteiger partial charge >= 0.3 is 0 Å². The quantitative estimate of drug-likeness (QED) is 0.772. The molecule has 0 bridgehead atoms. The Hall–Kier alpha value is -1.14. The van der Waals surface area contributed by atoms with Crippen LogP contribution < -0.4 is 9.47 Å². The first-order valence-electron chi connectivity index (χ1n) is 6.41. The third-order valence-corrected chi connectivity index (χ3v) is 3.77. The molecule has 5 nitrogen and oxygen atoms in total. The fraction of sp³-hybridized carbons (Fsp3) is 0.643. The van der Waals surface area contributed by atoms with Gasteiger partial charge in [0.15, 0.2) is 0 Å². The van der Waals surface area contributed by atoms with Crippen molar-refractivity contribution in [3.05, 3.63) is 17.8 Å². The second kappa shape index (κ2) is 7.59. The molecule has 0 N–H and O–H groups in total. The average Bonchev–Trinajstić information content (AvgIpc) is 2.37. The van der Waals surface area contributed by atoms with Crippen molar-refractivity contribution in [2.45, 2.75) is 32.1 Å². The molecule has 1 aromatic heterocycles. The summed E-state index contributed by atoms with van der Waals surface area (Å²) in [6, 6.07) is 1.69. The van der Waals surface area contributed by atoms with Crippen LogP contribution in [0, 0.1) is 0 Å². The van der Waals surface area contributed by atoms with E-state index in [2.05, 4.69) is 4.98 Å². The van der Waals surface area contributed by atoms with Gasteiger partial charge in [-0.15, -0.1) is 0 Å². The predicted molar refractivity (Wildman–Crippen MR) is 79.8 cm³/mol. The minimum absolute atomic E-state index is 0.205. The summed E-state index contributed by atoms with van der Waals surface area (Å²) in [4.78, 5) is 4.11. The van der Waals surface area contributed by atoms with Crippen LogP contribution in [0.3, 0.4) is 0 Å². The lowest BCUT2D eigenvalue weighted by Crippen LogP contribution is -2.22. The molecule has 0 aliphatic rings. The van der Waals surface area contributed by atoms with Crippen LogP contribution in [0.2, 0.25) is 0 Å². The summed E-state index contributed by atoms with van der Waals surface area (Å²) >= 11 is 0. The molecule has 20 heavy (non-hydrogen) atoms. The predicted octanol–water partition coefficient (Wildman–Crippen LogP) is 2.16. The Balaban J connectivity index is 2.57. The summed E-state index contributed by atoms with van der Waals surface area (Å²) in [6.07, 6.45) is 1.64. The molecule has 114 valence electrons. The number of hydrogen-bond acceptors (Lipinski definition) is 5. The molecule has 0 saturated carbocycles. The Labute approximate surface area is 123 Å². The van der Waals surface area contributed by atoms with Gasteiger partial charge in [0, 0.05) is 34.4 Å². The standard InChI is InChI=1S/C14H23NO4S/c1-14(2,3)19-6-7-20(16)10-11-9-15-13(18-5)8-12(11)17-4/h8-9H,6-7,10H2,1-5H3. The van der Waals surface area contributed by atoms with Crippen molar-refractivity contribution in [3.63, 3.8) is 0 Å². The van der Waals surface area contributed by atoms with Crippen LogP contribution in [0.25, 0.3) is 0 Å². The van der Waals surface area contributed by atoms with E-state index in [0.717, 1.165) is 5.56 Å². The summed E-state index contributed by atoms with van der Waals surface area (Å²) < 4.78 is 27.9. The number of nitrogens with zero attached hydrogens (tertiary/aromatic N) is 1. The number of hydrogen-bond donors (Lipinski definition) is 0. The van der Waals surface area contributed by atoms with Crippen LogP contribution in [0.4, 0.5) is 0 Å². The first-order chi connectivity index (χ1) is 9.35. The second-order valence-corrected chi connectivity index (χ2v) is 6.86. The zero-order valence-corrected chi connectivity index (χ0v) is 13.6. The van der Waals surface area contributed by atoms with Crippen molar-refractivity contribution in [2.75, 3.05) is 26.6 Å². The third kappa shape index (κ3) is 5.88. The fourth-order valence-corrected chi connectivity index (χ4v) is 2.52. The molecule has 0 radical (unpaired) electrons. The van der Waals surface area contributed by atoms with E-state index < -0.39 is 10.8 Å². The lowest BCUT2D eigenvalue weighted by Gasteiger charge is -2.19. The fourth-order valence-electron chi connectivity index (χ4n) is 1.54. The van der Waals surface area contributed by atoms with Gasteiger partial charge in [-0.25, -0.2) is 4.98 Å². The van der Waals surface area contributed by atoms with Crippen molar-refractivity contribution < 1.29 is 18.4 Å². The highest BCUT2D eigenvalue weighted by molar-refractivity contribution is 7.84. The summed E-state index contributed by atoms with van der Waals surface area (Å²) in [5, 5.41) is 0. The van der Waals surface area contributed by atoms with Gasteiger partial charge in [0.1, 0.15) is 5.75 Å². The van der Waals surface area contributed by atoms with Crippen molar-refractivity contribution in [1.82, 2.24) is 4.98 Å². The normalized spacial score (nSPS) is 13.1.